The second kappa shape index (κ2) is 6.98. The van der Waals surface area contributed by atoms with Crippen molar-refractivity contribution in [3.05, 3.63) is 33.8 Å². The fraction of sp³-hybridized carbons (Fsp3) is 0.438. The van der Waals surface area contributed by atoms with E-state index >= 15 is 0 Å². The van der Waals surface area contributed by atoms with Gasteiger partial charge in [-0.1, -0.05) is 12.2 Å². The number of fused-ring (bicyclic) bond motifs is 1. The van der Waals surface area contributed by atoms with Gasteiger partial charge in [-0.15, -0.1) is 11.3 Å². The van der Waals surface area contributed by atoms with Gasteiger partial charge < -0.3 is 14.6 Å². The maximum atomic E-state index is 12.5. The predicted molar refractivity (Wildman–Crippen MR) is 93.6 cm³/mol. The van der Waals surface area contributed by atoms with Crippen molar-refractivity contribution >= 4 is 43.4 Å². The number of aromatic nitrogens is 1. The Morgan fingerprint density at radius 3 is 3.18 bits per heavy atom. The molecule has 1 fully saturated rings. The van der Waals surface area contributed by atoms with E-state index in [9.17, 15) is 4.79 Å². The molecule has 1 amide bonds. The van der Waals surface area contributed by atoms with Gasteiger partial charge in [0.15, 0.2) is 0 Å². The van der Waals surface area contributed by atoms with Crippen LogP contribution in [0.5, 0.6) is 0 Å². The van der Waals surface area contributed by atoms with E-state index < -0.39 is 0 Å². The van der Waals surface area contributed by atoms with Gasteiger partial charge in [0.25, 0.3) is 5.91 Å². The third-order valence-electron chi connectivity index (χ3n) is 3.83. The van der Waals surface area contributed by atoms with Crippen LogP contribution in [0.15, 0.2) is 28.1 Å². The molecular weight excluding hydrogens is 364 g/mol. The van der Waals surface area contributed by atoms with E-state index in [4.69, 9.17) is 4.74 Å². The number of carbonyl (C=O) groups is 1. The van der Waals surface area contributed by atoms with Gasteiger partial charge in [-0.3, -0.25) is 4.79 Å². The zero-order valence-corrected chi connectivity index (χ0v) is 14.9. The van der Waals surface area contributed by atoms with E-state index in [1.807, 2.05) is 19.1 Å². The van der Waals surface area contributed by atoms with Crippen LogP contribution in [-0.2, 0) is 11.3 Å². The molecule has 6 heteroatoms. The third kappa shape index (κ3) is 3.29. The molecular formula is C16H19BrN2O2S. The summed E-state index contributed by atoms with van der Waals surface area (Å²) in [6.45, 7) is 4.08. The zero-order chi connectivity index (χ0) is 15.5. The molecule has 1 N–H and O–H groups in total. The Hall–Kier alpha value is -1.11. The summed E-state index contributed by atoms with van der Waals surface area (Å²) >= 11 is 5.16. The maximum absolute atomic E-state index is 12.5. The van der Waals surface area contributed by atoms with Gasteiger partial charge in [0, 0.05) is 19.7 Å². The molecule has 1 aliphatic rings. The third-order valence-corrected chi connectivity index (χ3v) is 5.40. The maximum Gasteiger partial charge on any atom is 0.268 e. The molecule has 1 atom stereocenters. The number of ether oxygens (including phenoxy) is 1. The number of carbonyl (C=O) groups excluding carboxylic acids is 1. The van der Waals surface area contributed by atoms with Gasteiger partial charge in [-0.05, 0) is 47.8 Å². The van der Waals surface area contributed by atoms with Crippen LogP contribution in [-0.4, -0.2) is 29.7 Å². The molecule has 0 aromatic carbocycles. The van der Waals surface area contributed by atoms with Gasteiger partial charge in [0.05, 0.1) is 20.1 Å². The van der Waals surface area contributed by atoms with Gasteiger partial charge in [-0.2, -0.15) is 0 Å². The van der Waals surface area contributed by atoms with Crippen LogP contribution in [0.2, 0.25) is 0 Å². The molecule has 3 heterocycles. The lowest BCUT2D eigenvalue weighted by atomic mass is 10.2. The van der Waals surface area contributed by atoms with Crippen LogP contribution < -0.4 is 5.32 Å². The predicted octanol–water partition coefficient (Wildman–Crippen LogP) is 3.95. The van der Waals surface area contributed by atoms with Crippen LogP contribution in [0.3, 0.4) is 0 Å². The summed E-state index contributed by atoms with van der Waals surface area (Å²) in [6, 6.07) is 4.04. The second-order valence-electron chi connectivity index (χ2n) is 5.35. The quantitative estimate of drug-likeness (QED) is 0.795. The summed E-state index contributed by atoms with van der Waals surface area (Å²) in [4.78, 5) is 12.5. The smallest absolute Gasteiger partial charge is 0.268 e. The minimum atomic E-state index is -0.0282. The average Bonchev–Trinajstić information content (AvgIpc) is 3.19. The lowest BCUT2D eigenvalue weighted by Crippen LogP contribution is -2.33. The molecule has 1 aliphatic heterocycles. The molecule has 0 radical (unpaired) electrons. The number of allylic oxidation sites excluding steroid dienone is 2. The number of thiophene rings is 1. The first-order chi connectivity index (χ1) is 10.7. The Morgan fingerprint density at radius 1 is 1.59 bits per heavy atom. The summed E-state index contributed by atoms with van der Waals surface area (Å²) in [7, 11) is 0. The molecule has 2 aromatic heterocycles. The number of amides is 1. The topological polar surface area (TPSA) is 43.3 Å². The monoisotopic (exact) mass is 382 g/mol. The largest absolute Gasteiger partial charge is 0.376 e. The summed E-state index contributed by atoms with van der Waals surface area (Å²) in [5.74, 6) is -0.0282. The Kier molecular flexibility index (Phi) is 5.00. The van der Waals surface area contributed by atoms with Gasteiger partial charge >= 0.3 is 0 Å². The second-order valence-corrected chi connectivity index (χ2v) is 7.82. The molecule has 1 saturated heterocycles. The number of nitrogens with one attached hydrogen (secondary N) is 1. The van der Waals surface area contributed by atoms with Crippen molar-refractivity contribution in [2.75, 3.05) is 13.2 Å². The Morgan fingerprint density at radius 2 is 2.45 bits per heavy atom. The van der Waals surface area contributed by atoms with Crippen molar-refractivity contribution in [3.63, 3.8) is 0 Å². The molecule has 0 unspecified atom stereocenters. The van der Waals surface area contributed by atoms with Crippen molar-refractivity contribution in [1.82, 2.24) is 9.88 Å². The molecule has 0 aliphatic carbocycles. The highest BCUT2D eigenvalue weighted by molar-refractivity contribution is 9.11. The lowest BCUT2D eigenvalue weighted by molar-refractivity contribution is 0.0851. The summed E-state index contributed by atoms with van der Waals surface area (Å²) in [5.41, 5.74) is 1.81. The molecule has 0 saturated carbocycles. The first kappa shape index (κ1) is 15.8. The van der Waals surface area contributed by atoms with Crippen LogP contribution >= 0.6 is 27.3 Å². The van der Waals surface area contributed by atoms with Crippen LogP contribution in [0, 0.1) is 0 Å². The standard InChI is InChI=1S/C16H19BrN2O2S/c1-2-3-6-19-12-9-15(17)22-14(12)8-13(19)16(20)18-10-11-5-4-7-21-11/h2-3,8-9,11H,4-7,10H2,1H3,(H,18,20)/b3-2+/t11-/m1/s1. The van der Waals surface area contributed by atoms with E-state index in [2.05, 4.69) is 38.0 Å². The molecule has 0 bridgehead atoms. The van der Waals surface area contributed by atoms with E-state index in [1.54, 1.807) is 11.3 Å². The minimum Gasteiger partial charge on any atom is -0.376 e. The van der Waals surface area contributed by atoms with Crippen LogP contribution in [0.25, 0.3) is 10.2 Å². The number of halogens is 1. The van der Waals surface area contributed by atoms with Crippen LogP contribution in [0.1, 0.15) is 30.3 Å². The van der Waals surface area contributed by atoms with Crippen molar-refractivity contribution in [2.45, 2.75) is 32.4 Å². The highest BCUT2D eigenvalue weighted by Gasteiger charge is 2.20. The highest BCUT2D eigenvalue weighted by Crippen LogP contribution is 2.32. The average molecular weight is 383 g/mol. The van der Waals surface area contributed by atoms with E-state index in [-0.39, 0.29) is 12.0 Å². The number of hydrogen-bond donors (Lipinski definition) is 1. The lowest BCUT2D eigenvalue weighted by Gasteiger charge is -2.12. The van der Waals surface area contributed by atoms with E-state index in [1.165, 1.54) is 0 Å². The van der Waals surface area contributed by atoms with Crippen molar-refractivity contribution in [3.8, 4) is 0 Å². The Labute approximate surface area is 142 Å². The normalized spacial score (nSPS) is 18.5. The van der Waals surface area contributed by atoms with Crippen molar-refractivity contribution in [2.24, 2.45) is 0 Å². The first-order valence-electron chi connectivity index (χ1n) is 7.48. The summed E-state index contributed by atoms with van der Waals surface area (Å²) < 4.78 is 9.82. The van der Waals surface area contributed by atoms with Gasteiger partial charge in [-0.25, -0.2) is 0 Å². The first-order valence-corrected chi connectivity index (χ1v) is 9.09. The SMILES string of the molecule is C/C=C/Cn1c(C(=O)NC[C@H]2CCCO2)cc2sc(Br)cc21. The summed E-state index contributed by atoms with van der Waals surface area (Å²) in [5, 5.41) is 3.01. The van der Waals surface area contributed by atoms with Crippen molar-refractivity contribution in [1.29, 1.82) is 0 Å². The minimum absolute atomic E-state index is 0.0282. The number of nitrogens with zero attached hydrogens (tertiary/aromatic N) is 1. The molecule has 0 spiro atoms. The van der Waals surface area contributed by atoms with Gasteiger partial charge in [0.2, 0.25) is 0 Å². The van der Waals surface area contributed by atoms with Gasteiger partial charge in [0.1, 0.15) is 5.69 Å². The van der Waals surface area contributed by atoms with E-state index in [0.29, 0.717) is 18.8 Å². The van der Waals surface area contributed by atoms with Crippen LogP contribution in [0.4, 0.5) is 0 Å². The fourth-order valence-corrected chi connectivity index (χ4v) is 4.27. The molecule has 3 rings (SSSR count). The number of hydrogen-bond acceptors (Lipinski definition) is 3. The van der Waals surface area contributed by atoms with Crippen molar-refractivity contribution < 1.29 is 9.53 Å². The fourth-order valence-electron chi connectivity index (χ4n) is 2.71. The molecule has 2 aromatic rings. The zero-order valence-electron chi connectivity index (χ0n) is 12.5. The molecule has 4 nitrogen and oxygen atoms in total. The highest BCUT2D eigenvalue weighted by atomic mass is 79.9. The molecule has 22 heavy (non-hydrogen) atoms. The Balaban J connectivity index is 1.81. The molecule has 118 valence electrons. The van der Waals surface area contributed by atoms with E-state index in [0.717, 1.165) is 33.5 Å². The Bertz CT molecular complexity index is 698. The summed E-state index contributed by atoms with van der Waals surface area (Å²) in [6.07, 6.45) is 6.34. The number of rotatable bonds is 5.